The summed E-state index contributed by atoms with van der Waals surface area (Å²) >= 11 is 0. The third kappa shape index (κ3) is 2.57. The number of fused-ring (bicyclic) bond motifs is 3. The van der Waals surface area contributed by atoms with Gasteiger partial charge in [0.2, 0.25) is 0 Å². The molecule has 4 heteroatoms. The molecule has 0 unspecified atom stereocenters. The lowest BCUT2D eigenvalue weighted by Crippen LogP contribution is -2.63. The Bertz CT molecular complexity index is 756. The Morgan fingerprint density at radius 3 is 2.76 bits per heavy atom. The molecule has 1 N–H and O–H groups in total. The largest absolute Gasteiger partial charge is 0.494 e. The van der Waals surface area contributed by atoms with Gasteiger partial charge in [-0.2, -0.15) is 0 Å². The van der Waals surface area contributed by atoms with Gasteiger partial charge in [-0.25, -0.2) is 4.79 Å². The third-order valence-corrected chi connectivity index (χ3v) is 10.2. The van der Waals surface area contributed by atoms with E-state index >= 15 is 0 Å². The van der Waals surface area contributed by atoms with Crippen molar-refractivity contribution in [3.05, 3.63) is 24.0 Å². The second kappa shape index (κ2) is 6.60. The van der Waals surface area contributed by atoms with Crippen LogP contribution in [0.15, 0.2) is 24.0 Å². The van der Waals surface area contributed by atoms with Gasteiger partial charge in [0, 0.05) is 17.4 Å². The first-order valence-electron chi connectivity index (χ1n) is 11.7. The lowest BCUT2D eigenvalue weighted by molar-refractivity contribution is -0.217. The molecule has 8 atom stereocenters. The molecule has 0 saturated heterocycles. The summed E-state index contributed by atoms with van der Waals surface area (Å²) in [7, 11) is 1.42. The summed E-state index contributed by atoms with van der Waals surface area (Å²) in [6.07, 6.45) is 15.7. The van der Waals surface area contributed by atoms with E-state index in [9.17, 15) is 9.90 Å². The van der Waals surface area contributed by atoms with Crippen LogP contribution in [0.2, 0.25) is 0 Å². The first-order valence-corrected chi connectivity index (χ1v) is 11.7. The molecule has 0 radical (unpaired) electrons. The van der Waals surface area contributed by atoms with E-state index in [1.54, 1.807) is 0 Å². The first-order chi connectivity index (χ1) is 13.8. The molecule has 0 amide bonds. The highest BCUT2D eigenvalue weighted by Gasteiger charge is 2.70. The number of allylic oxidation sites excluding steroid dienone is 2. The Kier molecular flexibility index (Phi) is 4.48. The van der Waals surface area contributed by atoms with Crippen LogP contribution < -0.4 is 0 Å². The summed E-state index contributed by atoms with van der Waals surface area (Å²) < 4.78 is 11.5. The molecule has 5 rings (SSSR count). The predicted octanol–water partition coefficient (Wildman–Crippen LogP) is 4.77. The molecule has 29 heavy (non-hydrogen) atoms. The second-order valence-electron chi connectivity index (χ2n) is 11.0. The van der Waals surface area contributed by atoms with E-state index in [-0.39, 0.29) is 23.1 Å². The minimum Gasteiger partial charge on any atom is -0.494 e. The maximum absolute atomic E-state index is 11.6. The van der Waals surface area contributed by atoms with E-state index in [0.29, 0.717) is 29.1 Å². The van der Waals surface area contributed by atoms with Gasteiger partial charge in [-0.05, 0) is 92.6 Å². The molecule has 2 bridgehead atoms. The van der Waals surface area contributed by atoms with Crippen LogP contribution in [0.1, 0.15) is 71.6 Å². The Morgan fingerprint density at radius 1 is 1.14 bits per heavy atom. The van der Waals surface area contributed by atoms with Crippen molar-refractivity contribution in [2.75, 3.05) is 7.11 Å². The highest BCUT2D eigenvalue weighted by atomic mass is 16.5. The fraction of sp³-hybridized carbons (Fsp3) is 0.800. The van der Waals surface area contributed by atoms with Crippen LogP contribution in [0.4, 0.5) is 0 Å². The molecule has 4 fully saturated rings. The number of carbonyl (C=O) groups excluding carboxylic acids is 1. The smallest absolute Gasteiger partial charge is 0.330 e. The Balaban J connectivity index is 1.47. The molecule has 0 aromatic carbocycles. The predicted molar refractivity (Wildman–Crippen MR) is 111 cm³/mol. The number of esters is 1. The zero-order valence-corrected chi connectivity index (χ0v) is 18.2. The Morgan fingerprint density at radius 2 is 1.97 bits per heavy atom. The fourth-order valence-corrected chi connectivity index (χ4v) is 8.63. The van der Waals surface area contributed by atoms with Gasteiger partial charge < -0.3 is 14.6 Å². The van der Waals surface area contributed by atoms with E-state index in [1.165, 1.54) is 45.3 Å². The van der Waals surface area contributed by atoms with Gasteiger partial charge in [-0.3, -0.25) is 0 Å². The van der Waals surface area contributed by atoms with Gasteiger partial charge in [0.1, 0.15) is 5.60 Å². The Labute approximate surface area is 174 Å². The molecule has 1 heterocycles. The number of methoxy groups -OCH3 is 1. The second-order valence-corrected chi connectivity index (χ2v) is 11.0. The number of aliphatic hydroxyl groups excluding tert-OH is 1. The molecule has 4 saturated carbocycles. The molecule has 4 nitrogen and oxygen atoms in total. The molecule has 1 aliphatic heterocycles. The van der Waals surface area contributed by atoms with Crippen molar-refractivity contribution in [3.8, 4) is 0 Å². The monoisotopic (exact) mass is 400 g/mol. The summed E-state index contributed by atoms with van der Waals surface area (Å²) in [5.41, 5.74) is 1.61. The summed E-state index contributed by atoms with van der Waals surface area (Å²) in [5.74, 6) is 2.16. The normalized spacial score (nSPS) is 50.8. The van der Waals surface area contributed by atoms with Crippen LogP contribution in [0.25, 0.3) is 0 Å². The number of hydrogen-bond acceptors (Lipinski definition) is 4. The first kappa shape index (κ1) is 19.7. The van der Waals surface area contributed by atoms with Gasteiger partial charge in [-0.15, -0.1) is 0 Å². The zero-order chi connectivity index (χ0) is 20.4. The Hall–Kier alpha value is -1.29. The summed E-state index contributed by atoms with van der Waals surface area (Å²) in [6.45, 7) is 4.98. The summed E-state index contributed by atoms with van der Waals surface area (Å²) in [6, 6.07) is 0. The van der Waals surface area contributed by atoms with Gasteiger partial charge in [0.25, 0.3) is 0 Å². The van der Waals surface area contributed by atoms with E-state index in [2.05, 4.69) is 13.8 Å². The number of hydrogen-bond donors (Lipinski definition) is 1. The van der Waals surface area contributed by atoms with Crippen molar-refractivity contribution >= 4 is 5.97 Å². The highest BCUT2D eigenvalue weighted by molar-refractivity contribution is 5.82. The lowest BCUT2D eigenvalue weighted by Gasteiger charge is -2.65. The minimum absolute atomic E-state index is 0.0484. The average Bonchev–Trinajstić information content (AvgIpc) is 2.88. The van der Waals surface area contributed by atoms with E-state index < -0.39 is 0 Å². The van der Waals surface area contributed by atoms with Crippen molar-refractivity contribution < 1.29 is 19.4 Å². The third-order valence-electron chi connectivity index (χ3n) is 10.2. The molecule has 5 aliphatic rings. The van der Waals surface area contributed by atoms with Crippen LogP contribution in [-0.4, -0.2) is 29.9 Å². The lowest BCUT2D eigenvalue weighted by atomic mass is 9.43. The number of aliphatic hydroxyl groups is 1. The van der Waals surface area contributed by atoms with E-state index in [1.807, 2.05) is 12.3 Å². The topological polar surface area (TPSA) is 55.8 Å². The quantitative estimate of drug-likeness (QED) is 0.536. The SMILES string of the molecule is COC(=O)C=CC1=CO[C@]23CC[C@H]1[C@@]2(C)CC[C@H]1[C@H]3CC[C@@H]2C[C@@H](O)CC[C@@]21C. The molecule has 0 spiro atoms. The molecule has 0 aromatic heterocycles. The maximum Gasteiger partial charge on any atom is 0.330 e. The van der Waals surface area contributed by atoms with Crippen molar-refractivity contribution in [3.63, 3.8) is 0 Å². The average molecular weight is 401 g/mol. The van der Waals surface area contributed by atoms with Crippen LogP contribution in [0, 0.1) is 34.5 Å². The van der Waals surface area contributed by atoms with Gasteiger partial charge >= 0.3 is 5.97 Å². The minimum atomic E-state index is -0.305. The maximum atomic E-state index is 11.6. The molecule has 4 aliphatic carbocycles. The number of ether oxygens (including phenoxy) is 2. The zero-order valence-electron chi connectivity index (χ0n) is 18.2. The van der Waals surface area contributed by atoms with Crippen LogP contribution >= 0.6 is 0 Å². The number of carbonyl (C=O) groups is 1. The van der Waals surface area contributed by atoms with Crippen LogP contribution in [0.3, 0.4) is 0 Å². The standard InChI is InChI=1S/C25H36O4/c1-23-11-8-18(26)14-17(23)5-6-21-20(23)9-12-24(2)19-10-13-25(21,24)29-15-16(19)4-7-22(27)28-3/h4,7,15,17-21,26H,5-6,8-14H2,1-3H3/t17-,18+,19-,20+,21-,23+,24-,25+/m1/s1. The van der Waals surface area contributed by atoms with Crippen molar-refractivity contribution in [2.24, 2.45) is 34.5 Å². The highest BCUT2D eigenvalue weighted by Crippen LogP contribution is 2.72. The molecular weight excluding hydrogens is 364 g/mol. The van der Waals surface area contributed by atoms with E-state index in [0.717, 1.165) is 31.3 Å². The van der Waals surface area contributed by atoms with Gasteiger partial charge in [0.15, 0.2) is 0 Å². The molecular formula is C25H36O4. The summed E-state index contributed by atoms with van der Waals surface area (Å²) in [5, 5.41) is 10.3. The van der Waals surface area contributed by atoms with Gasteiger partial charge in [0.05, 0.1) is 19.5 Å². The van der Waals surface area contributed by atoms with Crippen molar-refractivity contribution in [1.29, 1.82) is 0 Å². The van der Waals surface area contributed by atoms with Gasteiger partial charge in [-0.1, -0.05) is 13.8 Å². The summed E-state index contributed by atoms with van der Waals surface area (Å²) in [4.78, 5) is 11.6. The van der Waals surface area contributed by atoms with Crippen LogP contribution in [0.5, 0.6) is 0 Å². The van der Waals surface area contributed by atoms with Crippen LogP contribution in [-0.2, 0) is 14.3 Å². The fourth-order valence-electron chi connectivity index (χ4n) is 8.63. The number of rotatable bonds is 2. The van der Waals surface area contributed by atoms with E-state index in [4.69, 9.17) is 9.47 Å². The molecule has 0 aromatic rings. The van der Waals surface area contributed by atoms with Crippen molar-refractivity contribution in [1.82, 2.24) is 0 Å². The molecule has 160 valence electrons. The van der Waals surface area contributed by atoms with Crippen molar-refractivity contribution in [2.45, 2.75) is 83.3 Å².